The molecule has 4 aliphatic rings. The quantitative estimate of drug-likeness (QED) is 0.860. The Hall–Kier alpha value is -0.120. The average molecular weight is 281 g/mol. The number of fused-ring (bicyclic) bond motifs is 1. The highest BCUT2D eigenvalue weighted by Gasteiger charge is 2.42. The van der Waals surface area contributed by atoms with Crippen LogP contribution in [0.5, 0.6) is 0 Å². The first-order valence-electron chi connectivity index (χ1n) is 8.45. The van der Waals surface area contributed by atoms with E-state index in [1.165, 1.54) is 38.6 Å². The van der Waals surface area contributed by atoms with E-state index in [1.54, 1.807) is 0 Å². The van der Waals surface area contributed by atoms with Gasteiger partial charge in [-0.05, 0) is 70.6 Å². The zero-order valence-corrected chi connectivity index (χ0v) is 13.3. The lowest BCUT2D eigenvalue weighted by molar-refractivity contribution is -0.0597. The third-order valence-electron chi connectivity index (χ3n) is 5.37. The van der Waals surface area contributed by atoms with Gasteiger partial charge in [-0.15, -0.1) is 0 Å². The number of aliphatic hydroxyl groups excluding tert-OH is 1. The molecule has 4 bridgehead atoms. The molecule has 0 radical (unpaired) electrons. The number of rotatable bonds is 4. The Balaban J connectivity index is 1.55. The fourth-order valence-electron chi connectivity index (χ4n) is 4.77. The summed E-state index contributed by atoms with van der Waals surface area (Å²) in [5.41, 5.74) is -0.155. The molecule has 20 heavy (non-hydrogen) atoms. The van der Waals surface area contributed by atoms with Gasteiger partial charge in [-0.3, -0.25) is 4.90 Å². The molecule has 5 atom stereocenters. The van der Waals surface area contributed by atoms with Gasteiger partial charge in [0, 0.05) is 19.1 Å². The summed E-state index contributed by atoms with van der Waals surface area (Å²) in [6, 6.07) is 0.732. The molecule has 0 aromatic heterocycles. The highest BCUT2D eigenvalue weighted by Crippen LogP contribution is 2.47. The lowest BCUT2D eigenvalue weighted by atomic mass is 9.68. The minimum Gasteiger partial charge on any atom is -0.389 e. The van der Waals surface area contributed by atoms with E-state index in [2.05, 4.69) is 4.90 Å². The van der Waals surface area contributed by atoms with Gasteiger partial charge in [-0.1, -0.05) is 0 Å². The van der Waals surface area contributed by atoms with E-state index in [4.69, 9.17) is 4.74 Å². The molecule has 0 aromatic rings. The van der Waals surface area contributed by atoms with Gasteiger partial charge in [0.15, 0.2) is 0 Å². The Bertz CT molecular complexity index is 324. The third kappa shape index (κ3) is 3.55. The van der Waals surface area contributed by atoms with Crippen molar-refractivity contribution in [2.75, 3.05) is 19.7 Å². The van der Waals surface area contributed by atoms with Gasteiger partial charge in [0.2, 0.25) is 0 Å². The summed E-state index contributed by atoms with van der Waals surface area (Å²) < 4.78 is 5.73. The Labute approximate surface area is 123 Å². The van der Waals surface area contributed by atoms with Crippen LogP contribution in [0.25, 0.3) is 0 Å². The molecule has 116 valence electrons. The van der Waals surface area contributed by atoms with E-state index in [0.717, 1.165) is 30.3 Å². The van der Waals surface area contributed by atoms with Crippen molar-refractivity contribution in [1.82, 2.24) is 4.90 Å². The van der Waals surface area contributed by atoms with Crippen LogP contribution < -0.4 is 0 Å². The number of hydrogen-bond donors (Lipinski definition) is 1. The molecule has 1 N–H and O–H groups in total. The molecule has 3 heteroatoms. The predicted molar refractivity (Wildman–Crippen MR) is 80.6 cm³/mol. The molecule has 2 saturated heterocycles. The SMILES string of the molecule is CC(C)(C)OC[C@@H](O)CN1CC2C[C@@H]3CC1C[C@H](C2)C3. The monoisotopic (exact) mass is 281 g/mol. The summed E-state index contributed by atoms with van der Waals surface area (Å²) in [5, 5.41) is 10.3. The average Bonchev–Trinajstić information content (AvgIpc) is 2.50. The molecule has 0 aromatic carbocycles. The summed E-state index contributed by atoms with van der Waals surface area (Å²) >= 11 is 0. The molecule has 2 heterocycles. The van der Waals surface area contributed by atoms with Gasteiger partial charge < -0.3 is 9.84 Å². The van der Waals surface area contributed by atoms with Crippen molar-refractivity contribution in [3.05, 3.63) is 0 Å². The third-order valence-corrected chi connectivity index (χ3v) is 5.37. The molecule has 0 spiro atoms. The van der Waals surface area contributed by atoms with Crippen LogP contribution >= 0.6 is 0 Å². The van der Waals surface area contributed by atoms with E-state index in [1.807, 2.05) is 20.8 Å². The maximum atomic E-state index is 10.3. The normalized spacial score (nSPS) is 39.0. The first-order chi connectivity index (χ1) is 9.39. The molecule has 3 nitrogen and oxygen atoms in total. The zero-order chi connectivity index (χ0) is 14.3. The van der Waals surface area contributed by atoms with E-state index in [0.29, 0.717) is 6.61 Å². The zero-order valence-electron chi connectivity index (χ0n) is 13.3. The van der Waals surface area contributed by atoms with Gasteiger partial charge >= 0.3 is 0 Å². The van der Waals surface area contributed by atoms with Crippen molar-refractivity contribution in [2.45, 2.75) is 70.6 Å². The minimum absolute atomic E-state index is 0.155. The van der Waals surface area contributed by atoms with Crippen LogP contribution in [0, 0.1) is 17.8 Å². The fraction of sp³-hybridized carbons (Fsp3) is 1.00. The number of nitrogens with zero attached hydrogens (tertiary/aromatic N) is 1. The Morgan fingerprint density at radius 2 is 1.65 bits per heavy atom. The number of hydrogen-bond acceptors (Lipinski definition) is 3. The van der Waals surface area contributed by atoms with Crippen molar-refractivity contribution in [3.8, 4) is 0 Å². The molecule has 0 amide bonds. The summed E-state index contributed by atoms with van der Waals surface area (Å²) in [6.07, 6.45) is 6.77. The minimum atomic E-state index is -0.343. The number of aliphatic hydroxyl groups is 1. The van der Waals surface area contributed by atoms with Crippen molar-refractivity contribution in [3.63, 3.8) is 0 Å². The van der Waals surface area contributed by atoms with Crippen LogP contribution in [0.15, 0.2) is 0 Å². The molecule has 2 saturated carbocycles. The predicted octanol–water partition coefficient (Wildman–Crippen LogP) is 2.67. The smallest absolute Gasteiger partial charge is 0.0900 e. The fourth-order valence-corrected chi connectivity index (χ4v) is 4.77. The molecular weight excluding hydrogens is 250 g/mol. The maximum absolute atomic E-state index is 10.3. The maximum Gasteiger partial charge on any atom is 0.0900 e. The molecule has 2 aliphatic carbocycles. The second-order valence-corrected chi connectivity index (χ2v) is 8.46. The molecular formula is C17H31NO2. The van der Waals surface area contributed by atoms with Crippen molar-refractivity contribution in [2.24, 2.45) is 17.8 Å². The molecule has 4 fully saturated rings. The summed E-state index contributed by atoms with van der Waals surface area (Å²) in [7, 11) is 0. The second kappa shape index (κ2) is 5.58. The molecule has 2 unspecified atom stereocenters. The van der Waals surface area contributed by atoms with Gasteiger partial charge in [0.05, 0.1) is 18.3 Å². The lowest BCUT2D eigenvalue weighted by Crippen LogP contribution is -2.44. The summed E-state index contributed by atoms with van der Waals surface area (Å²) in [5.74, 6) is 2.85. The first kappa shape index (κ1) is 14.8. The standard InChI is InChI=1S/C17H31NO2/c1-17(2,3)20-11-16(19)10-18-9-14-5-12-4-13(6-14)8-15(18)7-12/h12-16,19H,4-11H2,1-3H3/t12-,13+,14?,15?,16-/m0/s1. The lowest BCUT2D eigenvalue weighted by Gasteiger charge is -2.39. The highest BCUT2D eigenvalue weighted by atomic mass is 16.5. The van der Waals surface area contributed by atoms with Crippen molar-refractivity contribution in [1.29, 1.82) is 0 Å². The van der Waals surface area contributed by atoms with Crippen LogP contribution in [-0.4, -0.2) is 47.4 Å². The van der Waals surface area contributed by atoms with Crippen LogP contribution in [0.2, 0.25) is 0 Å². The van der Waals surface area contributed by atoms with Crippen molar-refractivity contribution >= 4 is 0 Å². The van der Waals surface area contributed by atoms with Crippen LogP contribution in [0.4, 0.5) is 0 Å². The topological polar surface area (TPSA) is 32.7 Å². The van der Waals surface area contributed by atoms with E-state index < -0.39 is 0 Å². The van der Waals surface area contributed by atoms with E-state index in [-0.39, 0.29) is 11.7 Å². The van der Waals surface area contributed by atoms with E-state index >= 15 is 0 Å². The summed E-state index contributed by atoms with van der Waals surface area (Å²) in [4.78, 5) is 2.58. The summed E-state index contributed by atoms with van der Waals surface area (Å²) in [6.45, 7) is 8.62. The Morgan fingerprint density at radius 3 is 2.25 bits per heavy atom. The van der Waals surface area contributed by atoms with Crippen LogP contribution in [-0.2, 0) is 4.74 Å². The van der Waals surface area contributed by atoms with E-state index in [9.17, 15) is 5.11 Å². The van der Waals surface area contributed by atoms with Gasteiger partial charge in [-0.2, -0.15) is 0 Å². The second-order valence-electron chi connectivity index (χ2n) is 8.46. The van der Waals surface area contributed by atoms with Crippen molar-refractivity contribution < 1.29 is 9.84 Å². The van der Waals surface area contributed by atoms with Crippen LogP contribution in [0.3, 0.4) is 0 Å². The largest absolute Gasteiger partial charge is 0.389 e. The molecule has 4 rings (SSSR count). The molecule has 2 aliphatic heterocycles. The number of ether oxygens (including phenoxy) is 1. The first-order valence-corrected chi connectivity index (χ1v) is 8.45. The Kier molecular flexibility index (Phi) is 4.13. The van der Waals surface area contributed by atoms with Crippen LogP contribution in [0.1, 0.15) is 52.9 Å². The van der Waals surface area contributed by atoms with Gasteiger partial charge in [0.1, 0.15) is 0 Å². The highest BCUT2D eigenvalue weighted by molar-refractivity contribution is 4.96. The van der Waals surface area contributed by atoms with Gasteiger partial charge in [-0.25, -0.2) is 0 Å². The Morgan fingerprint density at radius 1 is 1.05 bits per heavy atom. The van der Waals surface area contributed by atoms with Gasteiger partial charge in [0.25, 0.3) is 0 Å².